The quantitative estimate of drug-likeness (QED) is 0.244. The lowest BCUT2D eigenvalue weighted by Crippen LogP contribution is -2.51. The molecular formula is C14H23BrO7. The number of halogens is 1. The lowest BCUT2D eigenvalue weighted by Gasteiger charge is -2.30. The Labute approximate surface area is 138 Å². The molecule has 1 atom stereocenters. The summed E-state index contributed by atoms with van der Waals surface area (Å²) in [4.78, 5) is 36.3. The van der Waals surface area contributed by atoms with Crippen molar-refractivity contribution in [3.63, 3.8) is 0 Å². The van der Waals surface area contributed by atoms with Crippen LogP contribution in [0.25, 0.3) is 0 Å². The van der Waals surface area contributed by atoms with E-state index in [1.807, 2.05) is 0 Å². The summed E-state index contributed by atoms with van der Waals surface area (Å²) in [7, 11) is 1.40. The Balaban J connectivity index is 5.48. The average molecular weight is 383 g/mol. The second-order valence-electron chi connectivity index (χ2n) is 4.31. The SMILES string of the molecule is CCOC(=O)C[C@H](COC)C(Br)(C(=O)OCC)C(=O)OCC. The number of hydrogen-bond donors (Lipinski definition) is 0. The molecule has 0 unspecified atom stereocenters. The maximum atomic E-state index is 12.3. The molecule has 0 amide bonds. The van der Waals surface area contributed by atoms with E-state index in [0.717, 1.165) is 0 Å². The van der Waals surface area contributed by atoms with Crippen LogP contribution in [0.5, 0.6) is 0 Å². The topological polar surface area (TPSA) is 88.1 Å². The predicted octanol–water partition coefficient (Wildman–Crippen LogP) is 1.46. The van der Waals surface area contributed by atoms with Crippen molar-refractivity contribution in [2.45, 2.75) is 31.5 Å². The van der Waals surface area contributed by atoms with E-state index in [-0.39, 0.29) is 32.8 Å². The summed E-state index contributed by atoms with van der Waals surface area (Å²) in [5.74, 6) is -3.00. The highest BCUT2D eigenvalue weighted by Crippen LogP contribution is 2.34. The molecule has 0 aromatic heterocycles. The van der Waals surface area contributed by atoms with Crippen LogP contribution in [0.4, 0.5) is 0 Å². The van der Waals surface area contributed by atoms with E-state index < -0.39 is 28.2 Å². The van der Waals surface area contributed by atoms with Gasteiger partial charge >= 0.3 is 17.9 Å². The number of esters is 3. The first kappa shape index (κ1) is 20.9. The van der Waals surface area contributed by atoms with E-state index in [1.54, 1.807) is 20.8 Å². The van der Waals surface area contributed by atoms with Gasteiger partial charge in [-0.15, -0.1) is 0 Å². The number of alkyl halides is 1. The molecule has 7 nitrogen and oxygen atoms in total. The molecule has 0 fully saturated rings. The minimum atomic E-state index is -1.82. The Kier molecular flexibility index (Phi) is 10.0. The lowest BCUT2D eigenvalue weighted by molar-refractivity contribution is -0.162. The van der Waals surface area contributed by atoms with E-state index in [4.69, 9.17) is 18.9 Å². The van der Waals surface area contributed by atoms with Gasteiger partial charge in [-0.1, -0.05) is 15.9 Å². The highest BCUT2D eigenvalue weighted by Gasteiger charge is 2.54. The number of carbonyl (C=O) groups is 3. The molecule has 0 bridgehead atoms. The van der Waals surface area contributed by atoms with Gasteiger partial charge < -0.3 is 18.9 Å². The van der Waals surface area contributed by atoms with Crippen LogP contribution in [0, 0.1) is 5.92 Å². The van der Waals surface area contributed by atoms with Crippen molar-refractivity contribution in [1.82, 2.24) is 0 Å². The summed E-state index contributed by atoms with van der Waals surface area (Å²) < 4.78 is 18.0. The molecule has 0 saturated carbocycles. The van der Waals surface area contributed by atoms with Gasteiger partial charge in [0.15, 0.2) is 0 Å². The molecule has 22 heavy (non-hydrogen) atoms. The molecule has 0 aromatic rings. The summed E-state index contributed by atoms with van der Waals surface area (Å²) in [6, 6.07) is 0. The molecule has 0 aliphatic carbocycles. The molecule has 128 valence electrons. The first-order chi connectivity index (χ1) is 10.4. The second-order valence-corrected chi connectivity index (χ2v) is 5.56. The normalized spacial score (nSPS) is 12.4. The van der Waals surface area contributed by atoms with Crippen LogP contribution < -0.4 is 0 Å². The van der Waals surface area contributed by atoms with E-state index in [1.165, 1.54) is 7.11 Å². The van der Waals surface area contributed by atoms with Crippen molar-refractivity contribution in [2.24, 2.45) is 5.92 Å². The van der Waals surface area contributed by atoms with Crippen LogP contribution in [-0.2, 0) is 33.3 Å². The zero-order valence-electron chi connectivity index (χ0n) is 13.3. The second kappa shape index (κ2) is 10.6. The molecular weight excluding hydrogens is 360 g/mol. The number of carbonyl (C=O) groups excluding carboxylic acids is 3. The van der Waals surface area contributed by atoms with Gasteiger partial charge in [0.1, 0.15) is 0 Å². The fourth-order valence-electron chi connectivity index (χ4n) is 1.83. The van der Waals surface area contributed by atoms with Crippen molar-refractivity contribution in [2.75, 3.05) is 33.5 Å². The Bertz CT molecular complexity index is 365. The Morgan fingerprint density at radius 3 is 1.77 bits per heavy atom. The molecule has 8 heteroatoms. The first-order valence-electron chi connectivity index (χ1n) is 7.06. The molecule has 0 N–H and O–H groups in total. The molecule has 0 rings (SSSR count). The summed E-state index contributed by atoms with van der Waals surface area (Å²) in [6.45, 7) is 5.26. The Hall–Kier alpha value is -1.15. The maximum Gasteiger partial charge on any atom is 0.334 e. The van der Waals surface area contributed by atoms with Crippen molar-refractivity contribution in [1.29, 1.82) is 0 Å². The van der Waals surface area contributed by atoms with Crippen LogP contribution in [0.15, 0.2) is 0 Å². The largest absolute Gasteiger partial charge is 0.466 e. The molecule has 0 radical (unpaired) electrons. The van der Waals surface area contributed by atoms with Crippen molar-refractivity contribution in [3.8, 4) is 0 Å². The van der Waals surface area contributed by atoms with E-state index in [0.29, 0.717) is 0 Å². The molecule has 0 saturated heterocycles. The van der Waals surface area contributed by atoms with Gasteiger partial charge in [0.05, 0.1) is 32.8 Å². The zero-order chi connectivity index (χ0) is 17.2. The van der Waals surface area contributed by atoms with Crippen LogP contribution in [0.2, 0.25) is 0 Å². The van der Waals surface area contributed by atoms with Crippen LogP contribution in [0.1, 0.15) is 27.2 Å². The predicted molar refractivity (Wildman–Crippen MR) is 81.5 cm³/mol. The van der Waals surface area contributed by atoms with Gasteiger partial charge in [0.2, 0.25) is 4.32 Å². The highest BCUT2D eigenvalue weighted by molar-refractivity contribution is 9.10. The zero-order valence-corrected chi connectivity index (χ0v) is 14.9. The number of methoxy groups -OCH3 is 1. The van der Waals surface area contributed by atoms with Gasteiger partial charge in [0.25, 0.3) is 0 Å². The van der Waals surface area contributed by atoms with Crippen LogP contribution in [0.3, 0.4) is 0 Å². The van der Waals surface area contributed by atoms with E-state index in [9.17, 15) is 14.4 Å². The van der Waals surface area contributed by atoms with Gasteiger partial charge in [0, 0.05) is 13.0 Å². The van der Waals surface area contributed by atoms with E-state index in [2.05, 4.69) is 15.9 Å². The van der Waals surface area contributed by atoms with Gasteiger partial charge in [-0.05, 0) is 20.8 Å². The van der Waals surface area contributed by atoms with Gasteiger partial charge in [-0.2, -0.15) is 0 Å². The molecule has 0 aliphatic heterocycles. The number of rotatable bonds is 10. The minimum absolute atomic E-state index is 0.0261. The number of hydrogen-bond acceptors (Lipinski definition) is 7. The summed E-state index contributed by atoms with van der Waals surface area (Å²) in [5, 5.41) is 0. The minimum Gasteiger partial charge on any atom is -0.466 e. The van der Waals surface area contributed by atoms with Crippen molar-refractivity contribution < 1.29 is 33.3 Å². The molecule has 0 spiro atoms. The molecule has 0 heterocycles. The van der Waals surface area contributed by atoms with Gasteiger partial charge in [-0.25, -0.2) is 9.59 Å². The average Bonchev–Trinajstić information content (AvgIpc) is 2.46. The summed E-state index contributed by atoms with van der Waals surface area (Å²) in [6.07, 6.45) is -0.190. The lowest BCUT2D eigenvalue weighted by atomic mass is 9.89. The van der Waals surface area contributed by atoms with E-state index >= 15 is 0 Å². The third-order valence-corrected chi connectivity index (χ3v) is 4.09. The standard InChI is InChI=1S/C14H23BrO7/c1-5-20-11(16)8-10(9-19-4)14(15,12(17)21-6-2)13(18)22-7-3/h10H,5-9H2,1-4H3/t10-/m1/s1. The monoisotopic (exact) mass is 382 g/mol. The van der Waals surface area contributed by atoms with Crippen LogP contribution >= 0.6 is 15.9 Å². The maximum absolute atomic E-state index is 12.3. The van der Waals surface area contributed by atoms with Crippen LogP contribution in [-0.4, -0.2) is 55.8 Å². The molecule has 0 aromatic carbocycles. The Morgan fingerprint density at radius 1 is 0.955 bits per heavy atom. The van der Waals surface area contributed by atoms with Crippen molar-refractivity contribution in [3.05, 3.63) is 0 Å². The fraction of sp³-hybridized carbons (Fsp3) is 0.786. The van der Waals surface area contributed by atoms with Gasteiger partial charge in [-0.3, -0.25) is 4.79 Å². The smallest absolute Gasteiger partial charge is 0.334 e. The highest BCUT2D eigenvalue weighted by atomic mass is 79.9. The molecule has 0 aliphatic rings. The third-order valence-electron chi connectivity index (χ3n) is 2.79. The summed E-state index contributed by atoms with van der Waals surface area (Å²) >= 11 is 3.13. The first-order valence-corrected chi connectivity index (χ1v) is 7.85. The fourth-order valence-corrected chi connectivity index (χ4v) is 2.35. The number of ether oxygens (including phenoxy) is 4. The third kappa shape index (κ3) is 5.57. The van der Waals surface area contributed by atoms with Crippen molar-refractivity contribution >= 4 is 33.8 Å². The summed E-state index contributed by atoms with van der Waals surface area (Å²) in [5.41, 5.74) is 0. The Morgan fingerprint density at radius 2 is 1.41 bits per heavy atom.